The number of nitrogens with one attached hydrogen (secondary N) is 2. The standard InChI is InChI=1S/C21H24N4O4/c1-15(26)16-10-11-19(20(13-16)25(28)29)24-12-6-5-9-18(24)14-22-21(27)23-17-7-3-2-4-8-17/h2-4,7-8,10-11,13,18H,5-6,9,12,14H2,1H3,(H2,22,23,27). The molecule has 2 amide bonds. The Balaban J connectivity index is 1.73. The smallest absolute Gasteiger partial charge is 0.319 e. The van der Waals surface area contributed by atoms with E-state index in [1.54, 1.807) is 24.3 Å². The molecule has 0 bridgehead atoms. The van der Waals surface area contributed by atoms with Gasteiger partial charge in [0.2, 0.25) is 0 Å². The Bertz CT molecular complexity index is 901. The van der Waals surface area contributed by atoms with Crippen molar-refractivity contribution in [3.63, 3.8) is 0 Å². The van der Waals surface area contributed by atoms with E-state index in [2.05, 4.69) is 10.6 Å². The first-order valence-corrected chi connectivity index (χ1v) is 9.61. The number of para-hydroxylation sites is 1. The van der Waals surface area contributed by atoms with Crippen LogP contribution in [-0.2, 0) is 0 Å². The fourth-order valence-corrected chi connectivity index (χ4v) is 3.57. The Kier molecular flexibility index (Phi) is 6.43. The number of ketones is 1. The van der Waals surface area contributed by atoms with Crippen LogP contribution in [0, 0.1) is 10.1 Å². The van der Waals surface area contributed by atoms with Crippen molar-refractivity contribution in [2.24, 2.45) is 0 Å². The quantitative estimate of drug-likeness (QED) is 0.437. The fraction of sp³-hybridized carbons (Fsp3) is 0.333. The topological polar surface area (TPSA) is 105 Å². The highest BCUT2D eigenvalue weighted by atomic mass is 16.6. The van der Waals surface area contributed by atoms with Crippen LogP contribution in [0.15, 0.2) is 48.5 Å². The van der Waals surface area contributed by atoms with Crippen LogP contribution in [0.1, 0.15) is 36.5 Å². The number of benzene rings is 2. The molecule has 29 heavy (non-hydrogen) atoms. The summed E-state index contributed by atoms with van der Waals surface area (Å²) in [6.07, 6.45) is 2.72. The first-order chi connectivity index (χ1) is 14.0. The molecule has 0 aromatic heterocycles. The molecule has 0 saturated carbocycles. The predicted molar refractivity (Wildman–Crippen MR) is 112 cm³/mol. The number of nitrogens with zero attached hydrogens (tertiary/aromatic N) is 2. The molecule has 1 aliphatic rings. The highest BCUT2D eigenvalue weighted by Gasteiger charge is 2.29. The summed E-state index contributed by atoms with van der Waals surface area (Å²) < 4.78 is 0. The van der Waals surface area contributed by atoms with Crippen molar-refractivity contribution >= 4 is 28.9 Å². The van der Waals surface area contributed by atoms with Crippen LogP contribution in [0.4, 0.5) is 21.9 Å². The average molecular weight is 396 g/mol. The maximum atomic E-state index is 12.2. The molecule has 1 unspecified atom stereocenters. The first-order valence-electron chi connectivity index (χ1n) is 9.61. The first kappa shape index (κ1) is 20.3. The second-order valence-electron chi connectivity index (χ2n) is 7.06. The van der Waals surface area contributed by atoms with E-state index in [9.17, 15) is 19.7 Å². The lowest BCUT2D eigenvalue weighted by Crippen LogP contribution is -2.47. The predicted octanol–water partition coefficient (Wildman–Crippen LogP) is 3.98. The summed E-state index contributed by atoms with van der Waals surface area (Å²) in [6.45, 7) is 2.41. The van der Waals surface area contributed by atoms with Gasteiger partial charge in [0.1, 0.15) is 5.69 Å². The third-order valence-electron chi connectivity index (χ3n) is 5.05. The number of hydrogen-bond donors (Lipinski definition) is 2. The molecule has 3 rings (SSSR count). The van der Waals surface area contributed by atoms with Gasteiger partial charge in [0.25, 0.3) is 5.69 Å². The van der Waals surface area contributed by atoms with Crippen LogP contribution < -0.4 is 15.5 Å². The van der Waals surface area contributed by atoms with Crippen LogP contribution in [0.25, 0.3) is 0 Å². The summed E-state index contributed by atoms with van der Waals surface area (Å²) in [4.78, 5) is 36.9. The van der Waals surface area contributed by atoms with Crippen LogP contribution in [0.5, 0.6) is 0 Å². The number of hydrogen-bond acceptors (Lipinski definition) is 5. The molecule has 2 N–H and O–H groups in total. The molecule has 0 radical (unpaired) electrons. The fourth-order valence-electron chi connectivity index (χ4n) is 3.57. The summed E-state index contributed by atoms with van der Waals surface area (Å²) in [5.74, 6) is -0.214. The third-order valence-corrected chi connectivity index (χ3v) is 5.05. The number of anilines is 2. The summed E-state index contributed by atoms with van der Waals surface area (Å²) in [7, 11) is 0. The van der Waals surface area contributed by atoms with Gasteiger partial charge in [0, 0.05) is 36.4 Å². The molecule has 2 aromatic carbocycles. The molecule has 1 saturated heterocycles. The van der Waals surface area contributed by atoms with E-state index < -0.39 is 4.92 Å². The van der Waals surface area contributed by atoms with Crippen LogP contribution in [-0.4, -0.2) is 35.9 Å². The molecule has 1 fully saturated rings. The molecule has 8 heteroatoms. The number of carbonyl (C=O) groups is 2. The third kappa shape index (κ3) is 5.10. The molecular formula is C21H24N4O4. The van der Waals surface area contributed by atoms with Crippen molar-refractivity contribution < 1.29 is 14.5 Å². The lowest BCUT2D eigenvalue weighted by Gasteiger charge is -2.37. The van der Waals surface area contributed by atoms with Crippen LogP contribution in [0.2, 0.25) is 0 Å². The van der Waals surface area contributed by atoms with E-state index in [1.165, 1.54) is 13.0 Å². The number of urea groups is 1. The van der Waals surface area contributed by atoms with E-state index in [1.807, 2.05) is 23.1 Å². The Morgan fingerprint density at radius 1 is 1.17 bits per heavy atom. The van der Waals surface area contributed by atoms with Gasteiger partial charge in [0.15, 0.2) is 5.78 Å². The number of amides is 2. The number of nitro groups is 1. The van der Waals surface area contributed by atoms with Crippen molar-refractivity contribution in [3.05, 3.63) is 64.2 Å². The van der Waals surface area contributed by atoms with Crippen LogP contribution >= 0.6 is 0 Å². The molecule has 8 nitrogen and oxygen atoms in total. The van der Waals surface area contributed by atoms with E-state index in [4.69, 9.17) is 0 Å². The van der Waals surface area contributed by atoms with Crippen molar-refractivity contribution in [2.45, 2.75) is 32.2 Å². The normalized spacial score (nSPS) is 16.2. The van der Waals surface area contributed by atoms with Crippen molar-refractivity contribution in [1.29, 1.82) is 0 Å². The summed E-state index contributed by atoms with van der Waals surface area (Å²) in [5.41, 5.74) is 1.41. The minimum atomic E-state index is -0.455. The van der Waals surface area contributed by atoms with Crippen molar-refractivity contribution in [2.75, 3.05) is 23.3 Å². The Morgan fingerprint density at radius 2 is 1.93 bits per heavy atom. The molecule has 0 spiro atoms. The van der Waals surface area contributed by atoms with Gasteiger partial charge < -0.3 is 15.5 Å². The number of Topliss-reactive ketones (excluding diaryl/α,β-unsaturated/α-hetero) is 1. The van der Waals surface area contributed by atoms with Gasteiger partial charge in [-0.15, -0.1) is 0 Å². The summed E-state index contributed by atoms with van der Waals surface area (Å²) >= 11 is 0. The second kappa shape index (κ2) is 9.18. The maximum Gasteiger partial charge on any atom is 0.319 e. The Labute approximate surface area is 169 Å². The van der Waals surface area contributed by atoms with Gasteiger partial charge in [-0.2, -0.15) is 0 Å². The maximum absolute atomic E-state index is 12.2. The second-order valence-corrected chi connectivity index (χ2v) is 7.06. The van der Waals surface area contributed by atoms with Gasteiger partial charge in [0.05, 0.1) is 4.92 Å². The highest BCUT2D eigenvalue weighted by molar-refractivity contribution is 5.95. The van der Waals surface area contributed by atoms with E-state index in [0.717, 1.165) is 19.3 Å². The summed E-state index contributed by atoms with van der Waals surface area (Å²) in [5, 5.41) is 17.2. The Hall–Kier alpha value is -3.42. The molecule has 152 valence electrons. The molecular weight excluding hydrogens is 372 g/mol. The number of carbonyl (C=O) groups excluding carboxylic acids is 2. The molecule has 1 atom stereocenters. The molecule has 1 aliphatic heterocycles. The lowest BCUT2D eigenvalue weighted by molar-refractivity contribution is -0.384. The highest BCUT2D eigenvalue weighted by Crippen LogP contribution is 2.33. The van der Waals surface area contributed by atoms with E-state index in [0.29, 0.717) is 30.0 Å². The minimum Gasteiger partial charge on any atom is -0.361 e. The van der Waals surface area contributed by atoms with Gasteiger partial charge in [-0.1, -0.05) is 18.2 Å². The van der Waals surface area contributed by atoms with Gasteiger partial charge >= 0.3 is 6.03 Å². The molecule has 0 aliphatic carbocycles. The minimum absolute atomic E-state index is 0.0628. The number of rotatable bonds is 6. The average Bonchev–Trinajstić information content (AvgIpc) is 2.72. The van der Waals surface area contributed by atoms with Gasteiger partial charge in [-0.05, 0) is 50.5 Å². The summed E-state index contributed by atoms with van der Waals surface area (Å²) in [6, 6.07) is 13.3. The largest absolute Gasteiger partial charge is 0.361 e. The zero-order valence-corrected chi connectivity index (χ0v) is 16.3. The SMILES string of the molecule is CC(=O)c1ccc(N2CCCCC2CNC(=O)Nc2ccccc2)c([N+](=O)[O-])c1. The van der Waals surface area contributed by atoms with Crippen molar-refractivity contribution in [1.82, 2.24) is 5.32 Å². The Morgan fingerprint density at radius 3 is 2.62 bits per heavy atom. The molecule has 1 heterocycles. The number of nitro benzene ring substituents is 1. The van der Waals surface area contributed by atoms with Gasteiger partial charge in [-0.3, -0.25) is 14.9 Å². The van der Waals surface area contributed by atoms with E-state index >= 15 is 0 Å². The molecule has 2 aromatic rings. The van der Waals surface area contributed by atoms with Crippen LogP contribution in [0.3, 0.4) is 0 Å². The lowest BCUT2D eigenvalue weighted by atomic mass is 9.99. The van der Waals surface area contributed by atoms with E-state index in [-0.39, 0.29) is 23.5 Å². The number of piperidine rings is 1. The zero-order valence-electron chi connectivity index (χ0n) is 16.3. The monoisotopic (exact) mass is 396 g/mol. The van der Waals surface area contributed by atoms with Gasteiger partial charge in [-0.25, -0.2) is 4.79 Å². The zero-order chi connectivity index (χ0) is 20.8. The van der Waals surface area contributed by atoms with Crippen molar-refractivity contribution in [3.8, 4) is 0 Å².